The number of esters is 1. The molecule has 24 heavy (non-hydrogen) atoms. The van der Waals surface area contributed by atoms with Crippen LogP contribution in [0, 0.1) is 46.3 Å². The molecule has 136 valence electrons. The van der Waals surface area contributed by atoms with Crippen molar-refractivity contribution in [2.45, 2.75) is 85.7 Å². The Morgan fingerprint density at radius 3 is 2.33 bits per heavy atom. The van der Waals surface area contributed by atoms with Crippen LogP contribution < -0.4 is 0 Å². The van der Waals surface area contributed by atoms with Crippen molar-refractivity contribution in [3.05, 3.63) is 0 Å². The number of hydrogen-bond acceptors (Lipinski definition) is 2. The molecule has 0 aromatic rings. The van der Waals surface area contributed by atoms with Gasteiger partial charge in [-0.25, -0.2) is 0 Å². The van der Waals surface area contributed by atoms with E-state index in [2.05, 4.69) is 27.7 Å². The van der Waals surface area contributed by atoms with Crippen molar-refractivity contribution in [3.8, 4) is 0 Å². The van der Waals surface area contributed by atoms with E-state index >= 15 is 0 Å². The smallest absolute Gasteiger partial charge is 0.312 e. The fraction of sp³-hybridized carbons (Fsp3) is 0.955. The lowest BCUT2D eigenvalue weighted by Crippen LogP contribution is -2.50. The first-order valence-electron chi connectivity index (χ1n) is 10.4. The molecule has 2 nitrogen and oxygen atoms in total. The van der Waals surface area contributed by atoms with E-state index in [0.717, 1.165) is 48.9 Å². The molecule has 4 saturated carbocycles. The normalized spacial score (nSPS) is 47.9. The van der Waals surface area contributed by atoms with Crippen molar-refractivity contribution in [1.82, 2.24) is 0 Å². The maximum absolute atomic E-state index is 12.9. The van der Waals surface area contributed by atoms with E-state index in [1.54, 1.807) is 0 Å². The predicted octanol–water partition coefficient (Wildman–Crippen LogP) is 5.45. The summed E-state index contributed by atoms with van der Waals surface area (Å²) >= 11 is 0. The molecule has 0 saturated heterocycles. The minimum Gasteiger partial charge on any atom is -0.458 e. The summed E-state index contributed by atoms with van der Waals surface area (Å²) < 4.78 is 6.45. The number of carbonyl (C=O) groups excluding carboxylic acids is 1. The number of hydrogen-bond donors (Lipinski definition) is 0. The van der Waals surface area contributed by atoms with Gasteiger partial charge in [0.15, 0.2) is 0 Å². The number of carbonyl (C=O) groups is 1. The summed E-state index contributed by atoms with van der Waals surface area (Å²) in [6.07, 6.45) is 7.32. The van der Waals surface area contributed by atoms with Crippen LogP contribution in [0.15, 0.2) is 0 Å². The van der Waals surface area contributed by atoms with Gasteiger partial charge in [0.1, 0.15) is 5.60 Å². The van der Waals surface area contributed by atoms with Gasteiger partial charge in [-0.3, -0.25) is 4.79 Å². The molecule has 7 unspecified atom stereocenters. The topological polar surface area (TPSA) is 26.3 Å². The van der Waals surface area contributed by atoms with Crippen LogP contribution in [0.3, 0.4) is 0 Å². The van der Waals surface area contributed by atoms with E-state index in [0.29, 0.717) is 11.3 Å². The molecular formula is C22H36O2. The Morgan fingerprint density at radius 1 is 1.12 bits per heavy atom. The Morgan fingerprint density at radius 2 is 1.75 bits per heavy atom. The molecule has 4 bridgehead atoms. The second kappa shape index (κ2) is 5.01. The van der Waals surface area contributed by atoms with Gasteiger partial charge >= 0.3 is 5.97 Å². The number of rotatable bonds is 4. The summed E-state index contributed by atoms with van der Waals surface area (Å²) in [4.78, 5) is 12.9. The zero-order valence-electron chi connectivity index (χ0n) is 16.5. The first-order chi connectivity index (χ1) is 11.2. The molecule has 2 heteroatoms. The van der Waals surface area contributed by atoms with Crippen molar-refractivity contribution in [1.29, 1.82) is 0 Å². The van der Waals surface area contributed by atoms with Gasteiger partial charge in [0.2, 0.25) is 0 Å². The van der Waals surface area contributed by atoms with E-state index in [1.807, 2.05) is 13.8 Å². The highest BCUT2D eigenvalue weighted by Crippen LogP contribution is 2.76. The van der Waals surface area contributed by atoms with Crippen molar-refractivity contribution in [2.24, 2.45) is 46.3 Å². The molecule has 4 aliphatic carbocycles. The number of ether oxygens (including phenoxy) is 1. The Kier molecular flexibility index (Phi) is 3.53. The highest BCUT2D eigenvalue weighted by Gasteiger charge is 2.74. The van der Waals surface area contributed by atoms with Crippen molar-refractivity contribution < 1.29 is 9.53 Å². The van der Waals surface area contributed by atoms with Crippen LogP contribution in [0.2, 0.25) is 0 Å². The van der Waals surface area contributed by atoms with Crippen LogP contribution >= 0.6 is 0 Å². The average molecular weight is 333 g/mol. The van der Waals surface area contributed by atoms with Gasteiger partial charge in [0, 0.05) is 5.92 Å². The molecule has 4 fully saturated rings. The van der Waals surface area contributed by atoms with E-state index in [4.69, 9.17) is 4.74 Å². The second-order valence-corrected chi connectivity index (χ2v) is 10.6. The summed E-state index contributed by atoms with van der Waals surface area (Å²) in [5, 5.41) is 0. The van der Waals surface area contributed by atoms with Crippen LogP contribution in [0.4, 0.5) is 0 Å². The van der Waals surface area contributed by atoms with Crippen LogP contribution in [-0.2, 0) is 9.53 Å². The molecule has 0 spiro atoms. The fourth-order valence-electron chi connectivity index (χ4n) is 7.63. The van der Waals surface area contributed by atoms with Crippen molar-refractivity contribution >= 4 is 5.97 Å². The molecular weight excluding hydrogens is 296 g/mol. The Labute approximate surface area is 148 Å². The predicted molar refractivity (Wildman–Crippen MR) is 96.4 cm³/mol. The Balaban J connectivity index is 1.68. The third-order valence-corrected chi connectivity index (χ3v) is 9.12. The lowest BCUT2D eigenvalue weighted by molar-refractivity contribution is -0.184. The third-order valence-electron chi connectivity index (χ3n) is 9.12. The maximum atomic E-state index is 12.9. The summed E-state index contributed by atoms with van der Waals surface area (Å²) in [6.45, 7) is 13.4. The summed E-state index contributed by atoms with van der Waals surface area (Å²) in [5.41, 5.74) is -0.213. The van der Waals surface area contributed by atoms with Crippen LogP contribution in [-0.4, -0.2) is 11.6 Å². The average Bonchev–Trinajstić information content (AvgIpc) is 3.24. The Bertz CT molecular complexity index is 548. The van der Waals surface area contributed by atoms with Gasteiger partial charge in [0.05, 0.1) is 5.41 Å². The molecule has 0 aromatic carbocycles. The van der Waals surface area contributed by atoms with Crippen LogP contribution in [0.1, 0.15) is 80.1 Å². The molecule has 0 aliphatic heterocycles. The van der Waals surface area contributed by atoms with Gasteiger partial charge < -0.3 is 4.74 Å². The van der Waals surface area contributed by atoms with E-state index in [1.165, 1.54) is 19.3 Å². The van der Waals surface area contributed by atoms with Crippen molar-refractivity contribution in [2.75, 3.05) is 0 Å². The quantitative estimate of drug-likeness (QED) is 0.505. The summed E-state index contributed by atoms with van der Waals surface area (Å²) in [5.74, 6) is 5.04. The molecule has 7 atom stereocenters. The number of fused-ring (bicyclic) bond motifs is 9. The lowest BCUT2D eigenvalue weighted by Gasteiger charge is -2.47. The molecule has 4 rings (SSSR count). The first-order valence-corrected chi connectivity index (χ1v) is 10.4. The highest BCUT2D eigenvalue weighted by molar-refractivity contribution is 5.76. The monoisotopic (exact) mass is 332 g/mol. The summed E-state index contributed by atoms with van der Waals surface area (Å²) in [7, 11) is 0. The van der Waals surface area contributed by atoms with Gasteiger partial charge in [-0.15, -0.1) is 0 Å². The standard InChI is InChI=1S/C22H36O2/c1-7-20(3,4)19(23)24-22(8-2)12-15-16-13-9-10-14(11-13)17(16)18(22)21(15,5)6/h13-18H,7-12H2,1-6H3. The zero-order chi connectivity index (χ0) is 17.5. The maximum Gasteiger partial charge on any atom is 0.312 e. The molecule has 0 aromatic heterocycles. The third kappa shape index (κ3) is 1.92. The minimum atomic E-state index is -0.359. The van der Waals surface area contributed by atoms with Crippen LogP contribution in [0.5, 0.6) is 0 Å². The lowest BCUT2D eigenvalue weighted by atomic mass is 9.64. The minimum absolute atomic E-state index is 0.0370. The molecule has 0 heterocycles. The van der Waals surface area contributed by atoms with Gasteiger partial charge in [-0.05, 0) is 87.4 Å². The van der Waals surface area contributed by atoms with E-state index in [-0.39, 0.29) is 17.0 Å². The molecule has 0 amide bonds. The largest absolute Gasteiger partial charge is 0.458 e. The second-order valence-electron chi connectivity index (χ2n) is 10.6. The highest BCUT2D eigenvalue weighted by atomic mass is 16.6. The SMILES string of the molecule is CCC(C)(C)C(=O)OC1(CC)CC2C3C4CCC(C4)C3C1C2(C)C. The molecule has 0 radical (unpaired) electrons. The first kappa shape index (κ1) is 16.9. The van der Waals surface area contributed by atoms with Gasteiger partial charge in [-0.2, -0.15) is 0 Å². The van der Waals surface area contributed by atoms with Crippen LogP contribution in [0.25, 0.3) is 0 Å². The Hall–Kier alpha value is -0.530. The fourth-order valence-corrected chi connectivity index (χ4v) is 7.63. The van der Waals surface area contributed by atoms with Crippen molar-refractivity contribution in [3.63, 3.8) is 0 Å². The van der Waals surface area contributed by atoms with Gasteiger partial charge in [-0.1, -0.05) is 27.7 Å². The van der Waals surface area contributed by atoms with E-state index < -0.39 is 0 Å². The van der Waals surface area contributed by atoms with E-state index in [9.17, 15) is 4.79 Å². The summed E-state index contributed by atoms with van der Waals surface area (Å²) in [6, 6.07) is 0. The zero-order valence-corrected chi connectivity index (χ0v) is 16.5. The molecule has 0 N–H and O–H groups in total. The molecule has 4 aliphatic rings. The van der Waals surface area contributed by atoms with Gasteiger partial charge in [0.25, 0.3) is 0 Å².